The maximum absolute atomic E-state index is 12.7. The highest BCUT2D eigenvalue weighted by Crippen LogP contribution is 2.31. The van der Waals surface area contributed by atoms with Crippen LogP contribution >= 0.6 is 0 Å². The van der Waals surface area contributed by atoms with Gasteiger partial charge in [-0.3, -0.25) is 4.79 Å². The Kier molecular flexibility index (Phi) is 4.75. The first kappa shape index (κ1) is 17.8. The van der Waals surface area contributed by atoms with E-state index in [4.69, 9.17) is 9.47 Å². The van der Waals surface area contributed by atoms with E-state index in [1.54, 1.807) is 47.4 Å². The Hall–Kier alpha value is -2.58. The molecule has 0 saturated carbocycles. The Morgan fingerprint density at radius 1 is 0.889 bits per heavy atom. The van der Waals surface area contributed by atoms with Gasteiger partial charge in [-0.25, -0.2) is 8.42 Å². The van der Waals surface area contributed by atoms with Crippen molar-refractivity contribution in [3.05, 3.63) is 54.6 Å². The lowest BCUT2D eigenvalue weighted by Crippen LogP contribution is -2.55. The van der Waals surface area contributed by atoms with Gasteiger partial charge in [0.05, 0.1) is 4.90 Å². The third-order valence-electron chi connectivity index (χ3n) is 4.72. The van der Waals surface area contributed by atoms with Gasteiger partial charge in [0.1, 0.15) is 6.61 Å². The van der Waals surface area contributed by atoms with Crippen LogP contribution in [0.15, 0.2) is 59.5 Å². The number of nitrogens with zero attached hydrogens (tertiary/aromatic N) is 2. The van der Waals surface area contributed by atoms with Crippen LogP contribution in [0.1, 0.15) is 0 Å². The van der Waals surface area contributed by atoms with Gasteiger partial charge in [0, 0.05) is 26.2 Å². The normalized spacial score (nSPS) is 20.3. The molecule has 1 atom stereocenters. The van der Waals surface area contributed by atoms with Gasteiger partial charge in [-0.2, -0.15) is 4.31 Å². The number of amides is 1. The van der Waals surface area contributed by atoms with Crippen molar-refractivity contribution >= 4 is 15.9 Å². The fraction of sp³-hybridized carbons (Fsp3) is 0.316. The lowest BCUT2D eigenvalue weighted by molar-refractivity contribution is -0.142. The average molecular weight is 388 g/mol. The highest BCUT2D eigenvalue weighted by molar-refractivity contribution is 7.89. The molecule has 0 N–H and O–H groups in total. The molecule has 0 aromatic heterocycles. The standard InChI is InChI=1S/C19H20N2O5S/c22-19(18-14-25-16-8-4-5-9-17(16)26-18)20-10-12-21(13-11-20)27(23,24)15-6-2-1-3-7-15/h1-9,18H,10-14H2/t18-/m0/s1. The second kappa shape index (κ2) is 7.21. The maximum atomic E-state index is 12.7. The minimum absolute atomic E-state index is 0.151. The largest absolute Gasteiger partial charge is 0.485 e. The first-order valence-electron chi connectivity index (χ1n) is 8.78. The lowest BCUT2D eigenvalue weighted by atomic mass is 10.2. The second-order valence-electron chi connectivity index (χ2n) is 6.41. The summed E-state index contributed by atoms with van der Waals surface area (Å²) in [4.78, 5) is 14.6. The minimum atomic E-state index is -3.54. The van der Waals surface area contributed by atoms with Crippen molar-refractivity contribution in [1.82, 2.24) is 9.21 Å². The lowest BCUT2D eigenvalue weighted by Gasteiger charge is -2.36. The second-order valence-corrected chi connectivity index (χ2v) is 8.34. The van der Waals surface area contributed by atoms with Crippen molar-refractivity contribution in [1.29, 1.82) is 0 Å². The van der Waals surface area contributed by atoms with E-state index in [0.29, 0.717) is 24.6 Å². The molecule has 1 saturated heterocycles. The van der Waals surface area contributed by atoms with Gasteiger partial charge < -0.3 is 14.4 Å². The zero-order chi connectivity index (χ0) is 18.9. The monoisotopic (exact) mass is 388 g/mol. The molecule has 2 heterocycles. The molecule has 0 bridgehead atoms. The average Bonchev–Trinajstić information content (AvgIpc) is 2.73. The van der Waals surface area contributed by atoms with E-state index in [2.05, 4.69) is 0 Å². The van der Waals surface area contributed by atoms with E-state index in [-0.39, 0.29) is 30.5 Å². The molecule has 4 rings (SSSR count). The van der Waals surface area contributed by atoms with Crippen molar-refractivity contribution in [3.63, 3.8) is 0 Å². The topological polar surface area (TPSA) is 76.2 Å². The summed E-state index contributed by atoms with van der Waals surface area (Å²) in [6.07, 6.45) is -0.711. The molecule has 2 aliphatic heterocycles. The zero-order valence-corrected chi connectivity index (χ0v) is 15.5. The van der Waals surface area contributed by atoms with Crippen LogP contribution in [0.25, 0.3) is 0 Å². The van der Waals surface area contributed by atoms with Crippen LogP contribution in [0.5, 0.6) is 11.5 Å². The summed E-state index contributed by atoms with van der Waals surface area (Å²) in [6, 6.07) is 15.6. The molecule has 2 aliphatic rings. The molecule has 7 nitrogen and oxygen atoms in total. The number of hydrogen-bond acceptors (Lipinski definition) is 5. The number of sulfonamides is 1. The number of carbonyl (C=O) groups is 1. The fourth-order valence-electron chi connectivity index (χ4n) is 3.24. The van der Waals surface area contributed by atoms with Gasteiger partial charge in [0.25, 0.3) is 5.91 Å². The molecular formula is C19H20N2O5S. The Bertz CT molecular complexity index is 924. The van der Waals surface area contributed by atoms with Crippen molar-refractivity contribution in [2.75, 3.05) is 32.8 Å². The van der Waals surface area contributed by atoms with Crippen LogP contribution in [-0.2, 0) is 14.8 Å². The van der Waals surface area contributed by atoms with Gasteiger partial charge in [-0.15, -0.1) is 0 Å². The summed E-state index contributed by atoms with van der Waals surface area (Å²) in [6.45, 7) is 1.32. The van der Waals surface area contributed by atoms with Gasteiger partial charge in [-0.1, -0.05) is 30.3 Å². The number of fused-ring (bicyclic) bond motifs is 1. The Morgan fingerprint density at radius 2 is 1.52 bits per heavy atom. The number of rotatable bonds is 3. The summed E-state index contributed by atoms with van der Waals surface area (Å²) >= 11 is 0. The van der Waals surface area contributed by atoms with Crippen molar-refractivity contribution in [3.8, 4) is 11.5 Å². The molecule has 142 valence electrons. The van der Waals surface area contributed by atoms with E-state index < -0.39 is 16.1 Å². The zero-order valence-electron chi connectivity index (χ0n) is 14.7. The molecule has 2 aromatic rings. The molecule has 27 heavy (non-hydrogen) atoms. The van der Waals surface area contributed by atoms with Gasteiger partial charge in [0.15, 0.2) is 11.5 Å². The number of carbonyl (C=O) groups excluding carboxylic acids is 1. The minimum Gasteiger partial charge on any atom is -0.485 e. The van der Waals surface area contributed by atoms with E-state index in [0.717, 1.165) is 0 Å². The van der Waals surface area contributed by atoms with Gasteiger partial charge in [0.2, 0.25) is 16.1 Å². The molecule has 1 amide bonds. The summed E-state index contributed by atoms with van der Waals surface area (Å²) in [5, 5.41) is 0. The summed E-state index contributed by atoms with van der Waals surface area (Å²) in [5.74, 6) is 0.994. The molecule has 2 aromatic carbocycles. The maximum Gasteiger partial charge on any atom is 0.267 e. The SMILES string of the molecule is O=C([C@@H]1COc2ccccc2O1)N1CCN(S(=O)(=O)c2ccccc2)CC1. The molecule has 1 fully saturated rings. The molecule has 0 radical (unpaired) electrons. The van der Waals surface area contributed by atoms with E-state index >= 15 is 0 Å². The van der Waals surface area contributed by atoms with Crippen LogP contribution in [0, 0.1) is 0 Å². The highest BCUT2D eigenvalue weighted by Gasteiger charge is 2.35. The van der Waals surface area contributed by atoms with Gasteiger partial charge >= 0.3 is 0 Å². The smallest absolute Gasteiger partial charge is 0.267 e. The molecule has 8 heteroatoms. The predicted molar refractivity (Wildman–Crippen MR) is 98.1 cm³/mol. The first-order valence-corrected chi connectivity index (χ1v) is 10.2. The number of piperazine rings is 1. The summed E-state index contributed by atoms with van der Waals surface area (Å²) in [7, 11) is -3.54. The predicted octanol–water partition coefficient (Wildman–Crippen LogP) is 1.36. The van der Waals surface area contributed by atoms with Crippen molar-refractivity contribution in [2.45, 2.75) is 11.0 Å². The Morgan fingerprint density at radius 3 is 2.22 bits per heavy atom. The van der Waals surface area contributed by atoms with Crippen LogP contribution in [-0.4, -0.2) is 62.4 Å². The van der Waals surface area contributed by atoms with Gasteiger partial charge in [-0.05, 0) is 24.3 Å². The quantitative estimate of drug-likeness (QED) is 0.794. The first-order chi connectivity index (χ1) is 13.1. The number of para-hydroxylation sites is 2. The third-order valence-corrected chi connectivity index (χ3v) is 6.63. The van der Waals surface area contributed by atoms with Crippen LogP contribution in [0.3, 0.4) is 0 Å². The van der Waals surface area contributed by atoms with Crippen LogP contribution in [0.4, 0.5) is 0 Å². The molecule has 0 spiro atoms. The number of benzene rings is 2. The summed E-state index contributed by atoms with van der Waals surface area (Å²) in [5.41, 5.74) is 0. The molecule has 0 aliphatic carbocycles. The van der Waals surface area contributed by atoms with Crippen molar-refractivity contribution in [2.24, 2.45) is 0 Å². The molecular weight excluding hydrogens is 368 g/mol. The number of ether oxygens (including phenoxy) is 2. The van der Waals surface area contributed by atoms with E-state index in [1.165, 1.54) is 4.31 Å². The van der Waals surface area contributed by atoms with Crippen LogP contribution < -0.4 is 9.47 Å². The Balaban J connectivity index is 1.39. The number of hydrogen-bond donors (Lipinski definition) is 0. The van der Waals surface area contributed by atoms with E-state index in [9.17, 15) is 13.2 Å². The van der Waals surface area contributed by atoms with E-state index in [1.807, 2.05) is 12.1 Å². The Labute approximate surface area is 158 Å². The summed E-state index contributed by atoms with van der Waals surface area (Å²) < 4.78 is 38.1. The fourth-order valence-corrected chi connectivity index (χ4v) is 4.68. The third kappa shape index (κ3) is 3.50. The van der Waals surface area contributed by atoms with Crippen LogP contribution in [0.2, 0.25) is 0 Å². The highest BCUT2D eigenvalue weighted by atomic mass is 32.2. The van der Waals surface area contributed by atoms with Crippen molar-refractivity contribution < 1.29 is 22.7 Å². The molecule has 0 unspecified atom stereocenters.